The Labute approximate surface area is 166 Å². The Morgan fingerprint density at radius 2 is 1.81 bits per heavy atom. The summed E-state index contributed by atoms with van der Waals surface area (Å²) < 4.78 is 2.89. The zero-order valence-corrected chi connectivity index (χ0v) is 18.1. The Balaban J connectivity index is 2.15. The summed E-state index contributed by atoms with van der Waals surface area (Å²) >= 11 is 5.09. The maximum atomic E-state index is 13.3. The number of aromatic nitrogens is 2. The molecule has 0 unspecified atom stereocenters. The fourth-order valence-electron chi connectivity index (χ4n) is 3.07. The van der Waals surface area contributed by atoms with Gasteiger partial charge in [-0.3, -0.25) is 14.3 Å². The predicted octanol–water partition coefficient (Wildman–Crippen LogP) is 4.73. The number of thiophene rings is 1. The first-order valence-electron chi connectivity index (χ1n) is 8.90. The van der Waals surface area contributed by atoms with E-state index in [4.69, 9.17) is 4.98 Å². The third kappa shape index (κ3) is 3.77. The number of rotatable bonds is 6. The van der Waals surface area contributed by atoms with E-state index >= 15 is 0 Å². The molecule has 0 radical (unpaired) electrons. The molecule has 0 aliphatic carbocycles. The summed E-state index contributed by atoms with van der Waals surface area (Å²) in [7, 11) is 0. The second-order valence-electron chi connectivity index (χ2n) is 6.47. The van der Waals surface area contributed by atoms with Crippen LogP contribution in [-0.2, 0) is 13.1 Å². The van der Waals surface area contributed by atoms with E-state index in [2.05, 4.69) is 41.6 Å². The number of fused-ring (bicyclic) bond motifs is 1. The molecule has 0 bridgehead atoms. The van der Waals surface area contributed by atoms with Gasteiger partial charge in [0.2, 0.25) is 0 Å². The van der Waals surface area contributed by atoms with Gasteiger partial charge in [-0.05, 0) is 50.2 Å². The third-order valence-electron chi connectivity index (χ3n) is 4.88. The molecule has 0 saturated carbocycles. The van der Waals surface area contributed by atoms with Crippen LogP contribution in [0.2, 0.25) is 0 Å². The van der Waals surface area contributed by atoms with Gasteiger partial charge in [0, 0.05) is 9.35 Å². The molecule has 1 aromatic carbocycles. The summed E-state index contributed by atoms with van der Waals surface area (Å²) in [4.78, 5) is 22.5. The van der Waals surface area contributed by atoms with Crippen LogP contribution in [0.4, 0.5) is 0 Å². The van der Waals surface area contributed by atoms with Crippen LogP contribution >= 0.6 is 27.3 Å². The second-order valence-corrected chi connectivity index (χ2v) is 8.59. The smallest absolute Gasteiger partial charge is 0.262 e. The van der Waals surface area contributed by atoms with Crippen LogP contribution in [0.1, 0.15) is 35.7 Å². The van der Waals surface area contributed by atoms with Crippen molar-refractivity contribution in [3.05, 3.63) is 60.9 Å². The highest BCUT2D eigenvalue weighted by Crippen LogP contribution is 2.26. The van der Waals surface area contributed by atoms with Gasteiger partial charge in [0.25, 0.3) is 5.56 Å². The van der Waals surface area contributed by atoms with Crippen molar-refractivity contribution in [1.82, 2.24) is 14.5 Å². The topological polar surface area (TPSA) is 38.1 Å². The highest BCUT2D eigenvalue weighted by molar-refractivity contribution is 9.10. The van der Waals surface area contributed by atoms with Crippen LogP contribution in [-0.4, -0.2) is 27.5 Å². The molecule has 3 rings (SSSR count). The van der Waals surface area contributed by atoms with Gasteiger partial charge in [0.05, 0.1) is 18.5 Å². The Kier molecular flexibility index (Phi) is 5.95. The third-order valence-corrected chi connectivity index (χ3v) is 6.51. The van der Waals surface area contributed by atoms with E-state index in [-0.39, 0.29) is 5.56 Å². The van der Waals surface area contributed by atoms with Crippen molar-refractivity contribution in [2.75, 3.05) is 13.1 Å². The van der Waals surface area contributed by atoms with Crippen LogP contribution in [0.15, 0.2) is 33.5 Å². The summed E-state index contributed by atoms with van der Waals surface area (Å²) in [5.41, 5.74) is 2.23. The molecule has 26 heavy (non-hydrogen) atoms. The molecule has 4 nitrogen and oxygen atoms in total. The standard InChI is InChI=1S/C20H24BrN3OS/c1-5-23(6-2)12-17-22-19-18(13(3)14(4)26-19)20(25)24(17)11-15-7-9-16(21)10-8-15/h7-10H,5-6,11-12H2,1-4H3. The van der Waals surface area contributed by atoms with E-state index in [1.54, 1.807) is 11.3 Å². The van der Waals surface area contributed by atoms with E-state index in [0.717, 1.165) is 44.7 Å². The number of nitrogens with zero attached hydrogens (tertiary/aromatic N) is 3. The van der Waals surface area contributed by atoms with Crippen molar-refractivity contribution in [2.24, 2.45) is 0 Å². The summed E-state index contributed by atoms with van der Waals surface area (Å²) in [5.74, 6) is 0.843. The van der Waals surface area contributed by atoms with Gasteiger partial charge in [-0.1, -0.05) is 41.9 Å². The first kappa shape index (κ1) is 19.3. The van der Waals surface area contributed by atoms with E-state index in [9.17, 15) is 4.79 Å². The van der Waals surface area contributed by atoms with Crippen molar-refractivity contribution in [1.29, 1.82) is 0 Å². The predicted molar refractivity (Wildman–Crippen MR) is 113 cm³/mol. The van der Waals surface area contributed by atoms with Gasteiger partial charge in [-0.25, -0.2) is 4.98 Å². The average Bonchev–Trinajstić information content (AvgIpc) is 2.91. The van der Waals surface area contributed by atoms with Crippen molar-refractivity contribution in [2.45, 2.75) is 40.8 Å². The fourth-order valence-corrected chi connectivity index (χ4v) is 4.38. The largest absolute Gasteiger partial charge is 0.297 e. The molecule has 0 aliphatic heterocycles. The molecule has 3 aromatic rings. The molecular formula is C20H24BrN3OS. The van der Waals surface area contributed by atoms with Crippen LogP contribution in [0.5, 0.6) is 0 Å². The quantitative estimate of drug-likeness (QED) is 0.563. The molecule has 0 spiro atoms. The first-order valence-corrected chi connectivity index (χ1v) is 10.5. The molecule has 2 aromatic heterocycles. The monoisotopic (exact) mass is 433 g/mol. The molecule has 138 valence electrons. The number of hydrogen-bond donors (Lipinski definition) is 0. The molecule has 0 atom stereocenters. The van der Waals surface area contributed by atoms with E-state index < -0.39 is 0 Å². The molecule has 2 heterocycles. The molecule has 0 saturated heterocycles. The number of hydrogen-bond acceptors (Lipinski definition) is 4. The van der Waals surface area contributed by atoms with Gasteiger partial charge in [-0.2, -0.15) is 0 Å². The van der Waals surface area contributed by atoms with Gasteiger partial charge < -0.3 is 0 Å². The number of aryl methyl sites for hydroxylation is 2. The molecular weight excluding hydrogens is 410 g/mol. The Bertz CT molecular complexity index is 971. The van der Waals surface area contributed by atoms with Crippen molar-refractivity contribution in [3.63, 3.8) is 0 Å². The fraction of sp³-hybridized carbons (Fsp3) is 0.400. The highest BCUT2D eigenvalue weighted by atomic mass is 79.9. The number of benzene rings is 1. The van der Waals surface area contributed by atoms with E-state index in [0.29, 0.717) is 13.1 Å². The lowest BCUT2D eigenvalue weighted by Crippen LogP contribution is -2.31. The lowest BCUT2D eigenvalue weighted by molar-refractivity contribution is 0.282. The highest BCUT2D eigenvalue weighted by Gasteiger charge is 2.18. The summed E-state index contributed by atoms with van der Waals surface area (Å²) in [5, 5.41) is 0.771. The molecule has 0 N–H and O–H groups in total. The van der Waals surface area contributed by atoms with Gasteiger partial charge in [0.1, 0.15) is 10.7 Å². The summed E-state index contributed by atoms with van der Waals surface area (Å²) in [6, 6.07) is 8.12. The first-order chi connectivity index (χ1) is 12.4. The van der Waals surface area contributed by atoms with Gasteiger partial charge in [0.15, 0.2) is 0 Å². The minimum absolute atomic E-state index is 0.0712. The van der Waals surface area contributed by atoms with Crippen LogP contribution in [0.25, 0.3) is 10.2 Å². The van der Waals surface area contributed by atoms with Crippen molar-refractivity contribution in [3.8, 4) is 0 Å². The van der Waals surface area contributed by atoms with Crippen LogP contribution < -0.4 is 5.56 Å². The Morgan fingerprint density at radius 1 is 1.15 bits per heavy atom. The molecule has 0 fully saturated rings. The van der Waals surface area contributed by atoms with Crippen LogP contribution in [0.3, 0.4) is 0 Å². The minimum atomic E-state index is 0.0712. The second kappa shape index (κ2) is 8.03. The Hall–Kier alpha value is -1.50. The normalized spacial score (nSPS) is 11.6. The lowest BCUT2D eigenvalue weighted by atomic mass is 10.2. The maximum Gasteiger partial charge on any atom is 0.262 e. The zero-order valence-electron chi connectivity index (χ0n) is 15.7. The number of halogens is 1. The van der Waals surface area contributed by atoms with E-state index in [1.165, 1.54) is 4.88 Å². The maximum absolute atomic E-state index is 13.3. The van der Waals surface area contributed by atoms with Crippen LogP contribution in [0, 0.1) is 13.8 Å². The lowest BCUT2D eigenvalue weighted by Gasteiger charge is -2.20. The molecule has 6 heteroatoms. The summed E-state index contributed by atoms with van der Waals surface area (Å²) in [6.07, 6.45) is 0. The van der Waals surface area contributed by atoms with Crippen molar-refractivity contribution >= 4 is 37.5 Å². The van der Waals surface area contributed by atoms with Gasteiger partial charge >= 0.3 is 0 Å². The van der Waals surface area contributed by atoms with Crippen molar-refractivity contribution < 1.29 is 0 Å². The SMILES string of the molecule is CCN(CC)Cc1nc2sc(C)c(C)c2c(=O)n1Cc1ccc(Br)cc1. The van der Waals surface area contributed by atoms with Gasteiger partial charge in [-0.15, -0.1) is 11.3 Å². The Morgan fingerprint density at radius 3 is 2.42 bits per heavy atom. The molecule has 0 amide bonds. The zero-order chi connectivity index (χ0) is 18.8. The van der Waals surface area contributed by atoms with E-state index in [1.807, 2.05) is 35.8 Å². The molecule has 0 aliphatic rings. The minimum Gasteiger partial charge on any atom is -0.297 e. The summed E-state index contributed by atoms with van der Waals surface area (Å²) in [6.45, 7) is 11.5. The average molecular weight is 434 g/mol.